The molecule has 4 aromatic rings. The molecule has 0 saturated heterocycles. The number of rotatable bonds is 2. The molecule has 0 radical (unpaired) electrons. The van der Waals surface area contributed by atoms with Crippen LogP contribution in [0.3, 0.4) is 0 Å². The Morgan fingerprint density at radius 2 is 1.23 bits per heavy atom. The molecule has 124 valence electrons. The summed E-state index contributed by atoms with van der Waals surface area (Å²) in [5.41, 5.74) is 5.68. The number of hydrogen-bond donors (Lipinski definition) is 0. The molecule has 3 nitrogen and oxygen atoms in total. The van der Waals surface area contributed by atoms with Gasteiger partial charge in [-0.1, -0.05) is 26.0 Å². The smallest absolute Gasteiger partial charge is 0.0991 e. The molecule has 0 amide bonds. The molecule has 26 heavy (non-hydrogen) atoms. The van der Waals surface area contributed by atoms with Crippen LogP contribution >= 0.6 is 0 Å². The average Bonchev–Trinajstić information content (AvgIpc) is 3.00. The first-order valence-electron chi connectivity index (χ1n) is 8.61. The third kappa shape index (κ3) is 2.42. The van der Waals surface area contributed by atoms with E-state index in [1.165, 1.54) is 5.56 Å². The molecule has 0 bridgehead atoms. The van der Waals surface area contributed by atoms with Gasteiger partial charge < -0.3 is 4.57 Å². The Morgan fingerprint density at radius 1 is 0.731 bits per heavy atom. The van der Waals surface area contributed by atoms with Crippen LogP contribution in [0.15, 0.2) is 60.7 Å². The zero-order valence-corrected chi connectivity index (χ0v) is 14.7. The molecule has 4 rings (SSSR count). The van der Waals surface area contributed by atoms with Crippen molar-refractivity contribution in [2.45, 2.75) is 19.8 Å². The fourth-order valence-electron chi connectivity index (χ4n) is 3.45. The van der Waals surface area contributed by atoms with Gasteiger partial charge in [0.2, 0.25) is 0 Å². The first-order valence-corrected chi connectivity index (χ1v) is 8.61. The summed E-state index contributed by atoms with van der Waals surface area (Å²) in [6.07, 6.45) is 0. The topological polar surface area (TPSA) is 52.5 Å². The van der Waals surface area contributed by atoms with E-state index in [4.69, 9.17) is 0 Å². The van der Waals surface area contributed by atoms with Crippen molar-refractivity contribution in [3.05, 3.63) is 77.4 Å². The van der Waals surface area contributed by atoms with E-state index in [0.717, 1.165) is 27.5 Å². The Morgan fingerprint density at radius 3 is 1.65 bits per heavy atom. The van der Waals surface area contributed by atoms with E-state index in [2.05, 4.69) is 54.8 Å². The summed E-state index contributed by atoms with van der Waals surface area (Å²) in [6, 6.07) is 24.4. The van der Waals surface area contributed by atoms with E-state index < -0.39 is 0 Å². The van der Waals surface area contributed by atoms with Gasteiger partial charge in [0.05, 0.1) is 34.3 Å². The Labute approximate surface area is 152 Å². The molecule has 3 aromatic carbocycles. The third-order valence-corrected chi connectivity index (χ3v) is 4.84. The number of benzene rings is 3. The minimum atomic E-state index is 0.485. The highest BCUT2D eigenvalue weighted by atomic mass is 15.0. The molecule has 0 aliphatic carbocycles. The zero-order valence-electron chi connectivity index (χ0n) is 14.7. The van der Waals surface area contributed by atoms with Crippen LogP contribution in [0, 0.1) is 22.7 Å². The fraction of sp³-hybridized carbons (Fsp3) is 0.130. The van der Waals surface area contributed by atoms with Crippen LogP contribution in [0.5, 0.6) is 0 Å². The van der Waals surface area contributed by atoms with Crippen molar-refractivity contribution in [2.24, 2.45) is 0 Å². The highest BCUT2D eigenvalue weighted by Crippen LogP contribution is 2.33. The van der Waals surface area contributed by atoms with Gasteiger partial charge in [-0.3, -0.25) is 0 Å². The number of aromatic nitrogens is 1. The Kier molecular flexibility index (Phi) is 3.72. The van der Waals surface area contributed by atoms with Crippen LogP contribution in [-0.4, -0.2) is 4.57 Å². The molecule has 0 N–H and O–H groups in total. The standard InChI is InChI=1S/C23H17N3/c1-15(2)18-5-7-19(8-6-18)26-22-9-3-16(13-24)11-20(22)21-12-17(14-25)4-10-23(21)26/h3-12,15H,1-2H3. The summed E-state index contributed by atoms with van der Waals surface area (Å²) in [6.45, 7) is 4.37. The van der Waals surface area contributed by atoms with Crippen LogP contribution in [-0.2, 0) is 0 Å². The predicted molar refractivity (Wildman–Crippen MR) is 104 cm³/mol. The highest BCUT2D eigenvalue weighted by Gasteiger charge is 2.13. The van der Waals surface area contributed by atoms with E-state index >= 15 is 0 Å². The first kappa shape index (κ1) is 15.9. The lowest BCUT2D eigenvalue weighted by Gasteiger charge is -2.10. The normalized spacial score (nSPS) is 11.0. The van der Waals surface area contributed by atoms with Crippen molar-refractivity contribution in [2.75, 3.05) is 0 Å². The fourth-order valence-corrected chi connectivity index (χ4v) is 3.45. The van der Waals surface area contributed by atoms with Crippen LogP contribution in [0.25, 0.3) is 27.5 Å². The SMILES string of the molecule is CC(C)c1ccc(-n2c3ccc(C#N)cc3c3cc(C#N)ccc32)cc1. The van der Waals surface area contributed by atoms with Gasteiger partial charge >= 0.3 is 0 Å². The lowest BCUT2D eigenvalue weighted by Crippen LogP contribution is -1.95. The number of fused-ring (bicyclic) bond motifs is 3. The molecule has 0 aliphatic rings. The van der Waals surface area contributed by atoms with E-state index in [0.29, 0.717) is 17.0 Å². The van der Waals surface area contributed by atoms with Gasteiger partial charge in [0, 0.05) is 16.5 Å². The summed E-state index contributed by atoms with van der Waals surface area (Å²) in [7, 11) is 0. The van der Waals surface area contributed by atoms with Crippen LogP contribution in [0.2, 0.25) is 0 Å². The van der Waals surface area contributed by atoms with Gasteiger partial charge in [-0.15, -0.1) is 0 Å². The Hall–Kier alpha value is -3.56. The molecule has 0 unspecified atom stereocenters. The molecule has 1 aromatic heterocycles. The van der Waals surface area contributed by atoms with Crippen LogP contribution < -0.4 is 0 Å². The summed E-state index contributed by atoms with van der Waals surface area (Å²) >= 11 is 0. The average molecular weight is 335 g/mol. The van der Waals surface area contributed by atoms with Crippen molar-refractivity contribution in [1.29, 1.82) is 10.5 Å². The minimum absolute atomic E-state index is 0.485. The van der Waals surface area contributed by atoms with Crippen molar-refractivity contribution < 1.29 is 0 Å². The predicted octanol–water partition coefficient (Wildman–Crippen LogP) is 5.65. The number of hydrogen-bond acceptors (Lipinski definition) is 2. The summed E-state index contributed by atoms with van der Waals surface area (Å²) < 4.78 is 2.19. The van der Waals surface area contributed by atoms with Crippen molar-refractivity contribution in [3.8, 4) is 17.8 Å². The molecular formula is C23H17N3. The molecule has 3 heteroatoms. The van der Waals surface area contributed by atoms with Gasteiger partial charge in [0.15, 0.2) is 0 Å². The Bertz CT molecular complexity index is 1140. The van der Waals surface area contributed by atoms with E-state index in [1.54, 1.807) is 0 Å². The molecule has 0 aliphatic heterocycles. The number of nitriles is 2. The summed E-state index contributed by atoms with van der Waals surface area (Å²) in [5.74, 6) is 0.485. The molecule has 0 fully saturated rings. The maximum absolute atomic E-state index is 9.27. The second-order valence-electron chi connectivity index (χ2n) is 6.77. The van der Waals surface area contributed by atoms with Crippen molar-refractivity contribution in [1.82, 2.24) is 4.57 Å². The molecule has 1 heterocycles. The van der Waals surface area contributed by atoms with E-state index in [1.807, 2.05) is 36.4 Å². The van der Waals surface area contributed by atoms with Gasteiger partial charge in [-0.2, -0.15) is 10.5 Å². The molecular weight excluding hydrogens is 318 g/mol. The van der Waals surface area contributed by atoms with Crippen LogP contribution in [0.4, 0.5) is 0 Å². The quantitative estimate of drug-likeness (QED) is 0.475. The highest BCUT2D eigenvalue weighted by molar-refractivity contribution is 6.10. The van der Waals surface area contributed by atoms with E-state index in [-0.39, 0.29) is 0 Å². The van der Waals surface area contributed by atoms with E-state index in [9.17, 15) is 10.5 Å². The maximum atomic E-state index is 9.27. The van der Waals surface area contributed by atoms with Crippen LogP contribution in [0.1, 0.15) is 36.5 Å². The summed E-state index contributed by atoms with van der Waals surface area (Å²) in [5, 5.41) is 20.5. The molecule has 0 spiro atoms. The largest absolute Gasteiger partial charge is 0.309 e. The number of nitrogens with zero attached hydrogens (tertiary/aromatic N) is 3. The first-order chi connectivity index (χ1) is 12.6. The van der Waals surface area contributed by atoms with Crippen molar-refractivity contribution >= 4 is 21.8 Å². The maximum Gasteiger partial charge on any atom is 0.0991 e. The van der Waals surface area contributed by atoms with Gasteiger partial charge in [0.25, 0.3) is 0 Å². The van der Waals surface area contributed by atoms with Crippen molar-refractivity contribution in [3.63, 3.8) is 0 Å². The van der Waals surface area contributed by atoms with Gasteiger partial charge in [-0.05, 0) is 60.0 Å². The Balaban J connectivity index is 2.07. The molecule has 0 saturated carbocycles. The second-order valence-corrected chi connectivity index (χ2v) is 6.77. The third-order valence-electron chi connectivity index (χ3n) is 4.84. The zero-order chi connectivity index (χ0) is 18.3. The lowest BCUT2D eigenvalue weighted by atomic mass is 10.0. The summed E-state index contributed by atoms with van der Waals surface area (Å²) in [4.78, 5) is 0. The lowest BCUT2D eigenvalue weighted by molar-refractivity contribution is 0.866. The minimum Gasteiger partial charge on any atom is -0.309 e. The monoisotopic (exact) mass is 335 g/mol. The molecule has 0 atom stereocenters. The van der Waals surface area contributed by atoms with Gasteiger partial charge in [-0.25, -0.2) is 0 Å². The second kappa shape index (κ2) is 6.06. The van der Waals surface area contributed by atoms with Gasteiger partial charge in [0.1, 0.15) is 0 Å².